The summed E-state index contributed by atoms with van der Waals surface area (Å²) in [7, 11) is 0. The average Bonchev–Trinajstić information content (AvgIpc) is 1.44. The van der Waals surface area contributed by atoms with E-state index in [1.54, 1.807) is 13.8 Å². The van der Waals surface area contributed by atoms with Crippen molar-refractivity contribution in [2.75, 3.05) is 0 Å². The predicted molar refractivity (Wildman–Crippen MR) is 57.6 cm³/mol. The van der Waals surface area contributed by atoms with Crippen LogP contribution in [-0.4, -0.2) is 5.67 Å². The smallest absolute Gasteiger partial charge is 0.109 e. The maximum absolute atomic E-state index is 14.0. The fourth-order valence-electron chi connectivity index (χ4n) is 3.36. The van der Waals surface area contributed by atoms with Crippen molar-refractivity contribution in [3.05, 3.63) is 0 Å². The molecule has 0 fully saturated rings. The van der Waals surface area contributed by atoms with Crippen LogP contribution in [0.2, 0.25) is 0 Å². The van der Waals surface area contributed by atoms with Crippen LogP contribution in [0.15, 0.2) is 0 Å². The number of rotatable bonds is 1. The summed E-state index contributed by atoms with van der Waals surface area (Å²) in [6, 6.07) is 0. The Labute approximate surface area is 82.9 Å². The van der Waals surface area contributed by atoms with E-state index in [1.165, 1.54) is 0 Å². The van der Waals surface area contributed by atoms with Crippen molar-refractivity contribution in [1.82, 2.24) is 0 Å². The summed E-state index contributed by atoms with van der Waals surface area (Å²) < 4.78 is 14.0. The molecule has 0 aliphatic carbocycles. The van der Waals surface area contributed by atoms with E-state index in [-0.39, 0.29) is 16.7 Å². The first kappa shape index (κ1) is 12.9. The van der Waals surface area contributed by atoms with Crippen LogP contribution >= 0.6 is 0 Å². The van der Waals surface area contributed by atoms with E-state index in [0.29, 0.717) is 0 Å². The highest BCUT2D eigenvalue weighted by atomic mass is 19.1. The minimum absolute atomic E-state index is 0.0104. The van der Waals surface area contributed by atoms with Crippen LogP contribution in [0, 0.1) is 16.7 Å². The van der Waals surface area contributed by atoms with Gasteiger partial charge in [-0.2, -0.15) is 0 Å². The van der Waals surface area contributed by atoms with Crippen LogP contribution in [-0.2, 0) is 0 Å². The van der Waals surface area contributed by atoms with Crippen LogP contribution in [0.1, 0.15) is 55.4 Å². The summed E-state index contributed by atoms with van der Waals surface area (Å²) >= 11 is 0. The normalized spacial score (nSPS) is 15.2. The number of hydrogen-bond acceptors (Lipinski definition) is 0. The maximum Gasteiger partial charge on any atom is 0.109 e. The van der Waals surface area contributed by atoms with Gasteiger partial charge in [0, 0.05) is 5.92 Å². The fourth-order valence-corrected chi connectivity index (χ4v) is 3.36. The molecule has 0 N–H and O–H groups in total. The molecule has 0 amide bonds. The van der Waals surface area contributed by atoms with E-state index in [9.17, 15) is 4.39 Å². The van der Waals surface area contributed by atoms with Crippen LogP contribution in [0.3, 0.4) is 0 Å². The quantitative estimate of drug-likeness (QED) is 0.570. The predicted octanol–water partition coefficient (Wildman–Crippen LogP) is 4.44. The largest absolute Gasteiger partial charge is 0.244 e. The molecule has 13 heavy (non-hydrogen) atoms. The van der Waals surface area contributed by atoms with Crippen molar-refractivity contribution in [2.45, 2.75) is 61.1 Å². The Morgan fingerprint density at radius 1 is 0.692 bits per heavy atom. The van der Waals surface area contributed by atoms with Crippen LogP contribution in [0.25, 0.3) is 0 Å². The van der Waals surface area contributed by atoms with Crippen LogP contribution < -0.4 is 0 Å². The van der Waals surface area contributed by atoms with E-state index in [0.717, 1.165) is 0 Å². The molecule has 0 aromatic heterocycles. The third kappa shape index (κ3) is 3.66. The highest BCUT2D eigenvalue weighted by molar-refractivity contribution is 4.93. The number of hydrogen-bond donors (Lipinski definition) is 0. The van der Waals surface area contributed by atoms with Gasteiger partial charge in [-0.15, -0.1) is 0 Å². The summed E-state index contributed by atoms with van der Waals surface area (Å²) in [5.41, 5.74) is -1.09. The van der Waals surface area contributed by atoms with Crippen molar-refractivity contribution in [1.29, 1.82) is 0 Å². The van der Waals surface area contributed by atoms with Crippen LogP contribution in [0.4, 0.5) is 4.39 Å². The molecule has 0 spiro atoms. The summed E-state index contributed by atoms with van der Waals surface area (Å²) in [6.45, 7) is 16.1. The summed E-state index contributed by atoms with van der Waals surface area (Å²) in [5, 5.41) is 0. The van der Waals surface area contributed by atoms with Gasteiger partial charge in [0.1, 0.15) is 5.67 Å². The first-order chi connectivity index (χ1) is 5.37. The maximum atomic E-state index is 14.0. The van der Waals surface area contributed by atoms with Gasteiger partial charge in [-0.1, -0.05) is 41.5 Å². The SMILES string of the molecule is CC(C)(C)C(C(C)(C)C)C(C)(C)F. The van der Waals surface area contributed by atoms with Crippen molar-refractivity contribution in [2.24, 2.45) is 16.7 Å². The highest BCUT2D eigenvalue weighted by Crippen LogP contribution is 2.47. The van der Waals surface area contributed by atoms with Crippen molar-refractivity contribution < 1.29 is 4.39 Å². The Morgan fingerprint density at radius 3 is 0.923 bits per heavy atom. The number of alkyl halides is 1. The van der Waals surface area contributed by atoms with Gasteiger partial charge in [-0.25, -0.2) is 4.39 Å². The third-order valence-corrected chi connectivity index (χ3v) is 2.42. The second-order valence-electron chi connectivity index (χ2n) is 6.73. The third-order valence-electron chi connectivity index (χ3n) is 2.42. The summed E-state index contributed by atoms with van der Waals surface area (Å²) in [6.07, 6.45) is 0. The standard InChI is InChI=1S/C12H25F/c1-10(2,3)9(11(4,5)6)12(7,8)13/h9H,1-8H3. The zero-order valence-corrected chi connectivity index (χ0v) is 10.5. The molecular weight excluding hydrogens is 163 g/mol. The van der Waals surface area contributed by atoms with Gasteiger partial charge in [-0.3, -0.25) is 0 Å². The van der Waals surface area contributed by atoms with E-state index >= 15 is 0 Å². The number of halogens is 1. The van der Waals surface area contributed by atoms with E-state index < -0.39 is 5.67 Å². The van der Waals surface area contributed by atoms with Crippen molar-refractivity contribution in [3.63, 3.8) is 0 Å². The zero-order chi connectivity index (χ0) is 11.1. The molecular formula is C12H25F. The molecule has 0 heterocycles. The van der Waals surface area contributed by atoms with Gasteiger partial charge < -0.3 is 0 Å². The first-order valence-electron chi connectivity index (χ1n) is 5.06. The Balaban J connectivity index is 5.02. The van der Waals surface area contributed by atoms with Gasteiger partial charge in [0.05, 0.1) is 0 Å². The lowest BCUT2D eigenvalue weighted by molar-refractivity contribution is -0.0315. The molecule has 0 aliphatic heterocycles. The van der Waals surface area contributed by atoms with Gasteiger partial charge in [0.15, 0.2) is 0 Å². The molecule has 0 aromatic rings. The van der Waals surface area contributed by atoms with E-state index in [2.05, 4.69) is 41.5 Å². The molecule has 1 heteroatoms. The Kier molecular flexibility index (Phi) is 3.24. The zero-order valence-electron chi connectivity index (χ0n) is 10.5. The van der Waals surface area contributed by atoms with Gasteiger partial charge in [-0.05, 0) is 24.7 Å². The highest BCUT2D eigenvalue weighted by Gasteiger charge is 2.45. The molecule has 0 saturated heterocycles. The lowest BCUT2D eigenvalue weighted by Crippen LogP contribution is -2.44. The summed E-state index contributed by atoms with van der Waals surface area (Å²) in [4.78, 5) is 0. The molecule has 0 atom stereocenters. The molecule has 0 unspecified atom stereocenters. The Morgan fingerprint density at radius 2 is 0.923 bits per heavy atom. The topological polar surface area (TPSA) is 0 Å². The molecule has 80 valence electrons. The van der Waals surface area contributed by atoms with E-state index in [4.69, 9.17) is 0 Å². The first-order valence-corrected chi connectivity index (χ1v) is 5.06. The van der Waals surface area contributed by atoms with Crippen molar-refractivity contribution in [3.8, 4) is 0 Å². The monoisotopic (exact) mass is 188 g/mol. The minimum Gasteiger partial charge on any atom is -0.244 e. The fraction of sp³-hybridized carbons (Fsp3) is 1.00. The molecule has 0 rings (SSSR count). The van der Waals surface area contributed by atoms with Gasteiger partial charge in [0.2, 0.25) is 0 Å². The average molecular weight is 188 g/mol. The van der Waals surface area contributed by atoms with Crippen molar-refractivity contribution >= 4 is 0 Å². The molecule has 0 radical (unpaired) electrons. The van der Waals surface area contributed by atoms with Crippen LogP contribution in [0.5, 0.6) is 0 Å². The minimum atomic E-state index is -1.11. The van der Waals surface area contributed by atoms with E-state index in [1.807, 2.05) is 0 Å². The Hall–Kier alpha value is -0.0700. The lowest BCUT2D eigenvalue weighted by atomic mass is 9.61. The Bertz CT molecular complexity index is 128. The molecule has 0 bridgehead atoms. The molecule has 0 saturated carbocycles. The van der Waals surface area contributed by atoms with Gasteiger partial charge >= 0.3 is 0 Å². The molecule has 0 nitrogen and oxygen atoms in total. The summed E-state index contributed by atoms with van der Waals surface area (Å²) in [5.74, 6) is 0.0625. The molecule has 0 aromatic carbocycles. The molecule has 0 aliphatic rings. The lowest BCUT2D eigenvalue weighted by Gasteiger charge is -2.46. The van der Waals surface area contributed by atoms with Gasteiger partial charge in [0.25, 0.3) is 0 Å². The second kappa shape index (κ2) is 3.25. The second-order valence-corrected chi connectivity index (χ2v) is 6.73.